The Bertz CT molecular complexity index is 798. The Balaban J connectivity index is 1.96. The van der Waals surface area contributed by atoms with E-state index in [4.69, 9.17) is 4.74 Å². The Labute approximate surface area is 131 Å². The van der Waals surface area contributed by atoms with Gasteiger partial charge in [0.05, 0.1) is 5.69 Å². The van der Waals surface area contributed by atoms with Gasteiger partial charge in [-0.05, 0) is 28.1 Å². The van der Waals surface area contributed by atoms with E-state index in [0.29, 0.717) is 10.2 Å². The van der Waals surface area contributed by atoms with Crippen molar-refractivity contribution in [1.29, 1.82) is 0 Å². The highest BCUT2D eigenvalue weighted by Gasteiger charge is 2.12. The molecular formula is C13H10BrN3O5. The van der Waals surface area contributed by atoms with E-state index in [1.807, 2.05) is 4.98 Å². The lowest BCUT2D eigenvalue weighted by Gasteiger charge is -2.07. The fourth-order valence-electron chi connectivity index (χ4n) is 1.54. The Morgan fingerprint density at radius 1 is 1.18 bits per heavy atom. The quantitative estimate of drug-likeness (QED) is 0.684. The van der Waals surface area contributed by atoms with Crippen LogP contribution in [0, 0.1) is 0 Å². The molecule has 0 aliphatic rings. The van der Waals surface area contributed by atoms with Gasteiger partial charge in [-0.1, -0.05) is 12.1 Å². The number of anilines is 1. The summed E-state index contributed by atoms with van der Waals surface area (Å²) in [6, 6.07) is 7.78. The zero-order chi connectivity index (χ0) is 16.1. The van der Waals surface area contributed by atoms with Crippen molar-refractivity contribution in [3.05, 3.63) is 61.3 Å². The largest absolute Gasteiger partial charge is 0.451 e. The highest BCUT2D eigenvalue weighted by Crippen LogP contribution is 2.20. The highest BCUT2D eigenvalue weighted by molar-refractivity contribution is 9.10. The molecule has 8 nitrogen and oxygen atoms in total. The van der Waals surface area contributed by atoms with Crippen molar-refractivity contribution in [2.24, 2.45) is 0 Å². The summed E-state index contributed by atoms with van der Waals surface area (Å²) < 4.78 is 5.40. The number of esters is 1. The maximum atomic E-state index is 11.7. The number of carbonyl (C=O) groups is 2. The zero-order valence-corrected chi connectivity index (χ0v) is 12.6. The number of hydrogen-bond donors (Lipinski definition) is 3. The van der Waals surface area contributed by atoms with Crippen LogP contribution in [0.4, 0.5) is 5.69 Å². The van der Waals surface area contributed by atoms with Crippen molar-refractivity contribution in [3.8, 4) is 0 Å². The summed E-state index contributed by atoms with van der Waals surface area (Å²) in [5.74, 6) is -1.54. The number of benzene rings is 1. The van der Waals surface area contributed by atoms with Gasteiger partial charge in [0.2, 0.25) is 0 Å². The van der Waals surface area contributed by atoms with Crippen LogP contribution >= 0.6 is 15.9 Å². The van der Waals surface area contributed by atoms with E-state index in [2.05, 4.69) is 26.2 Å². The molecule has 3 N–H and O–H groups in total. The normalized spacial score (nSPS) is 10.0. The van der Waals surface area contributed by atoms with Crippen LogP contribution in [0.1, 0.15) is 10.5 Å². The maximum absolute atomic E-state index is 11.7. The second-order valence-corrected chi connectivity index (χ2v) is 4.96. The molecule has 1 aromatic heterocycles. The van der Waals surface area contributed by atoms with Crippen molar-refractivity contribution >= 4 is 33.5 Å². The van der Waals surface area contributed by atoms with E-state index < -0.39 is 29.7 Å². The predicted octanol–water partition coefficient (Wildman–Crippen LogP) is 0.621. The number of aromatic amines is 2. The Kier molecular flexibility index (Phi) is 4.89. The first-order valence-electron chi connectivity index (χ1n) is 6.01. The standard InChI is InChI=1S/C13H10BrN3O5/c14-7-3-1-2-4-8(7)15-11(19)6-22-12(20)9-5-10(18)17-13(21)16-9/h1-5H,6H2,(H,15,19)(H2,16,17,18,21). The number of amides is 1. The fraction of sp³-hybridized carbons (Fsp3) is 0.0769. The molecule has 1 heterocycles. The average molecular weight is 368 g/mol. The van der Waals surface area contributed by atoms with Crippen molar-refractivity contribution < 1.29 is 14.3 Å². The highest BCUT2D eigenvalue weighted by atomic mass is 79.9. The molecule has 0 radical (unpaired) electrons. The number of H-pyrrole nitrogens is 2. The summed E-state index contributed by atoms with van der Waals surface area (Å²) in [6.07, 6.45) is 0. The predicted molar refractivity (Wildman–Crippen MR) is 80.7 cm³/mol. The summed E-state index contributed by atoms with van der Waals surface area (Å²) in [6.45, 7) is -0.561. The topological polar surface area (TPSA) is 121 Å². The van der Waals surface area contributed by atoms with Gasteiger partial charge < -0.3 is 15.0 Å². The first-order valence-corrected chi connectivity index (χ1v) is 6.80. The average Bonchev–Trinajstić information content (AvgIpc) is 2.46. The number of hydrogen-bond acceptors (Lipinski definition) is 5. The van der Waals surface area contributed by atoms with E-state index in [-0.39, 0.29) is 5.69 Å². The van der Waals surface area contributed by atoms with E-state index in [1.54, 1.807) is 24.3 Å². The van der Waals surface area contributed by atoms with E-state index in [1.165, 1.54) is 0 Å². The molecule has 2 aromatic rings. The van der Waals surface area contributed by atoms with Gasteiger partial charge >= 0.3 is 11.7 Å². The third-order valence-corrected chi connectivity index (χ3v) is 3.15. The molecule has 0 spiro atoms. The van der Waals surface area contributed by atoms with E-state index in [0.717, 1.165) is 6.07 Å². The number of halogens is 1. The number of para-hydroxylation sites is 1. The van der Waals surface area contributed by atoms with Crippen LogP contribution in [0.25, 0.3) is 0 Å². The second kappa shape index (κ2) is 6.85. The van der Waals surface area contributed by atoms with Crippen LogP contribution in [-0.2, 0) is 9.53 Å². The van der Waals surface area contributed by atoms with Crippen LogP contribution in [-0.4, -0.2) is 28.5 Å². The summed E-state index contributed by atoms with van der Waals surface area (Å²) in [4.78, 5) is 49.4. The summed E-state index contributed by atoms with van der Waals surface area (Å²) in [5.41, 5.74) is -1.39. The second-order valence-electron chi connectivity index (χ2n) is 4.11. The molecule has 2 rings (SSSR count). The Hall–Kier alpha value is -2.68. The number of carbonyl (C=O) groups excluding carboxylic acids is 2. The molecular weight excluding hydrogens is 358 g/mol. The first kappa shape index (κ1) is 15.7. The van der Waals surface area contributed by atoms with Gasteiger partial charge in [-0.3, -0.25) is 14.6 Å². The molecule has 9 heteroatoms. The minimum Gasteiger partial charge on any atom is -0.451 e. The molecule has 1 aromatic carbocycles. The van der Waals surface area contributed by atoms with Crippen molar-refractivity contribution in [3.63, 3.8) is 0 Å². The minimum absolute atomic E-state index is 0.331. The van der Waals surface area contributed by atoms with Crippen LogP contribution in [0.2, 0.25) is 0 Å². The molecule has 0 aliphatic heterocycles. The smallest absolute Gasteiger partial charge is 0.355 e. The van der Waals surface area contributed by atoms with Gasteiger partial charge in [0, 0.05) is 10.5 Å². The molecule has 0 bridgehead atoms. The van der Waals surface area contributed by atoms with E-state index in [9.17, 15) is 19.2 Å². The molecule has 114 valence electrons. The number of nitrogens with one attached hydrogen (secondary N) is 3. The monoisotopic (exact) mass is 367 g/mol. The Morgan fingerprint density at radius 3 is 2.59 bits per heavy atom. The number of aromatic nitrogens is 2. The van der Waals surface area contributed by atoms with Crippen LogP contribution in [0.3, 0.4) is 0 Å². The summed E-state index contributed by atoms with van der Waals surface area (Å²) >= 11 is 3.26. The Morgan fingerprint density at radius 2 is 1.91 bits per heavy atom. The van der Waals surface area contributed by atoms with Crippen molar-refractivity contribution in [1.82, 2.24) is 9.97 Å². The van der Waals surface area contributed by atoms with Gasteiger partial charge in [-0.2, -0.15) is 0 Å². The molecule has 0 saturated heterocycles. The maximum Gasteiger partial charge on any atom is 0.355 e. The van der Waals surface area contributed by atoms with Gasteiger partial charge in [-0.25, -0.2) is 9.59 Å². The van der Waals surface area contributed by atoms with Gasteiger partial charge in [0.1, 0.15) is 5.69 Å². The summed E-state index contributed by atoms with van der Waals surface area (Å²) in [7, 11) is 0. The van der Waals surface area contributed by atoms with Gasteiger partial charge in [0.25, 0.3) is 11.5 Å². The molecule has 22 heavy (non-hydrogen) atoms. The lowest BCUT2D eigenvalue weighted by atomic mass is 10.3. The molecule has 0 fully saturated rings. The third-order valence-electron chi connectivity index (χ3n) is 2.46. The summed E-state index contributed by atoms with van der Waals surface area (Å²) in [5, 5.41) is 2.54. The lowest BCUT2D eigenvalue weighted by molar-refractivity contribution is -0.119. The molecule has 0 unspecified atom stereocenters. The van der Waals surface area contributed by atoms with E-state index >= 15 is 0 Å². The van der Waals surface area contributed by atoms with Gasteiger partial charge in [-0.15, -0.1) is 0 Å². The molecule has 0 aliphatic carbocycles. The van der Waals surface area contributed by atoms with Crippen LogP contribution in [0.5, 0.6) is 0 Å². The van der Waals surface area contributed by atoms with Crippen LogP contribution < -0.4 is 16.6 Å². The van der Waals surface area contributed by atoms with Crippen molar-refractivity contribution in [2.45, 2.75) is 0 Å². The van der Waals surface area contributed by atoms with Gasteiger partial charge in [0.15, 0.2) is 6.61 Å². The molecule has 1 amide bonds. The number of ether oxygens (including phenoxy) is 1. The minimum atomic E-state index is -0.981. The fourth-order valence-corrected chi connectivity index (χ4v) is 1.92. The van der Waals surface area contributed by atoms with Crippen LogP contribution in [0.15, 0.2) is 44.4 Å². The first-order chi connectivity index (χ1) is 10.5. The lowest BCUT2D eigenvalue weighted by Crippen LogP contribution is -2.27. The third kappa shape index (κ3) is 4.16. The van der Waals surface area contributed by atoms with Crippen molar-refractivity contribution in [2.75, 3.05) is 11.9 Å². The molecule has 0 saturated carbocycles. The SMILES string of the molecule is O=C(COC(=O)c1cc(=O)[nH]c(=O)[nH]1)Nc1ccccc1Br. The number of rotatable bonds is 4. The molecule has 0 atom stereocenters. The zero-order valence-electron chi connectivity index (χ0n) is 11.0.